The molecule has 34 heavy (non-hydrogen) atoms. The van der Waals surface area contributed by atoms with Crippen LogP contribution in [0.1, 0.15) is 13.8 Å². The van der Waals surface area contributed by atoms with E-state index in [4.69, 9.17) is 13.9 Å². The van der Waals surface area contributed by atoms with Crippen molar-refractivity contribution in [2.24, 2.45) is 0 Å². The van der Waals surface area contributed by atoms with Crippen LogP contribution < -0.4 is 15.7 Å². The first-order chi connectivity index (χ1) is 16.2. The van der Waals surface area contributed by atoms with Crippen LogP contribution in [0.2, 0.25) is 0 Å². The highest BCUT2D eigenvalue weighted by Gasteiger charge is 2.22. The lowest BCUT2D eigenvalue weighted by Crippen LogP contribution is -2.30. The average molecular weight is 489 g/mol. The van der Waals surface area contributed by atoms with E-state index in [9.17, 15) is 22.8 Å². The fourth-order valence-electron chi connectivity index (χ4n) is 3.10. The number of anilines is 1. The number of hydrogen-bond donors (Lipinski definition) is 1. The number of hydrogen-bond acceptors (Lipinski definition) is 8. The first-order valence-corrected chi connectivity index (χ1v) is 11.9. The number of rotatable bonds is 10. The van der Waals surface area contributed by atoms with Gasteiger partial charge in [0.15, 0.2) is 13.2 Å². The molecule has 0 spiro atoms. The molecule has 0 aliphatic carbocycles. The van der Waals surface area contributed by atoms with Crippen molar-refractivity contribution < 1.29 is 31.9 Å². The van der Waals surface area contributed by atoms with Crippen LogP contribution in [0.3, 0.4) is 0 Å². The second-order valence-corrected chi connectivity index (χ2v) is 9.01. The van der Waals surface area contributed by atoms with E-state index in [1.807, 2.05) is 0 Å². The molecule has 0 aliphatic heterocycles. The maximum atomic E-state index is 12.6. The Bertz CT molecular complexity index is 1350. The molecule has 1 N–H and O–H groups in total. The molecule has 180 valence electrons. The number of amides is 1. The summed E-state index contributed by atoms with van der Waals surface area (Å²) in [6.07, 6.45) is 0. The first-order valence-electron chi connectivity index (χ1n) is 10.5. The quantitative estimate of drug-likeness (QED) is 0.340. The molecule has 0 saturated heterocycles. The summed E-state index contributed by atoms with van der Waals surface area (Å²) < 4.78 is 41.8. The van der Waals surface area contributed by atoms with Crippen LogP contribution in [0, 0.1) is 0 Å². The zero-order valence-corrected chi connectivity index (χ0v) is 19.5. The van der Waals surface area contributed by atoms with Crippen LogP contribution in [0.15, 0.2) is 68.7 Å². The number of fused-ring (bicyclic) bond motifs is 1. The number of carbonyl (C=O) groups excluding carboxylic acids is 2. The van der Waals surface area contributed by atoms with Crippen molar-refractivity contribution in [2.45, 2.75) is 18.7 Å². The van der Waals surface area contributed by atoms with E-state index in [2.05, 4.69) is 5.32 Å². The van der Waals surface area contributed by atoms with E-state index in [0.29, 0.717) is 24.1 Å². The van der Waals surface area contributed by atoms with Crippen molar-refractivity contribution in [1.29, 1.82) is 0 Å². The van der Waals surface area contributed by atoms with Crippen LogP contribution in [-0.2, 0) is 24.3 Å². The third-order valence-corrected chi connectivity index (χ3v) is 6.82. The highest BCUT2D eigenvalue weighted by molar-refractivity contribution is 7.89. The maximum absolute atomic E-state index is 12.6. The lowest BCUT2D eigenvalue weighted by Gasteiger charge is -2.18. The molecule has 2 aromatic carbocycles. The second-order valence-electron chi connectivity index (χ2n) is 7.07. The van der Waals surface area contributed by atoms with Crippen LogP contribution in [-0.4, -0.2) is 50.9 Å². The van der Waals surface area contributed by atoms with Crippen LogP contribution in [0.25, 0.3) is 11.0 Å². The van der Waals surface area contributed by atoms with Crippen LogP contribution in [0.5, 0.6) is 5.75 Å². The SMILES string of the molecule is CCN(CC)S(=O)(=O)c1cccc(NC(=O)COC(=O)COc2ccc3ccc(=O)oc3c2)c1. The molecule has 1 heterocycles. The number of benzene rings is 2. The van der Waals surface area contributed by atoms with Crippen molar-refractivity contribution >= 4 is 38.6 Å². The van der Waals surface area contributed by atoms with Gasteiger partial charge in [0.2, 0.25) is 10.0 Å². The summed E-state index contributed by atoms with van der Waals surface area (Å²) in [7, 11) is -3.68. The zero-order chi connectivity index (χ0) is 24.7. The summed E-state index contributed by atoms with van der Waals surface area (Å²) in [5.74, 6) is -1.14. The molecule has 0 saturated carbocycles. The molecule has 0 bridgehead atoms. The van der Waals surface area contributed by atoms with Crippen molar-refractivity contribution in [3.8, 4) is 5.75 Å². The summed E-state index contributed by atoms with van der Waals surface area (Å²) in [6, 6.07) is 13.5. The van der Waals surface area contributed by atoms with E-state index in [-0.39, 0.29) is 16.3 Å². The molecule has 1 aromatic heterocycles. The molecule has 0 radical (unpaired) electrons. The Morgan fingerprint density at radius 3 is 2.47 bits per heavy atom. The molecular formula is C23H24N2O8S. The maximum Gasteiger partial charge on any atom is 0.344 e. The Morgan fingerprint density at radius 1 is 1.00 bits per heavy atom. The van der Waals surface area contributed by atoms with E-state index >= 15 is 0 Å². The number of nitrogens with one attached hydrogen (secondary N) is 1. The fourth-order valence-corrected chi connectivity index (χ4v) is 4.61. The number of ether oxygens (including phenoxy) is 2. The second kappa shape index (κ2) is 10.9. The average Bonchev–Trinajstić information content (AvgIpc) is 2.82. The Hall–Kier alpha value is -3.70. The molecule has 1 amide bonds. The monoisotopic (exact) mass is 488 g/mol. The number of nitrogens with zero attached hydrogens (tertiary/aromatic N) is 1. The summed E-state index contributed by atoms with van der Waals surface area (Å²) in [5, 5.41) is 3.20. The first kappa shape index (κ1) is 24.9. The van der Waals surface area contributed by atoms with Crippen molar-refractivity contribution in [2.75, 3.05) is 31.6 Å². The fraction of sp³-hybridized carbons (Fsp3) is 0.261. The van der Waals surface area contributed by atoms with E-state index in [1.54, 1.807) is 32.0 Å². The minimum absolute atomic E-state index is 0.0469. The van der Waals surface area contributed by atoms with E-state index in [1.165, 1.54) is 40.7 Å². The molecule has 11 heteroatoms. The predicted octanol–water partition coefficient (Wildman–Crippen LogP) is 2.38. The van der Waals surface area contributed by atoms with Gasteiger partial charge in [0.05, 0.1) is 4.90 Å². The summed E-state index contributed by atoms with van der Waals surface area (Å²) in [4.78, 5) is 35.4. The van der Waals surface area contributed by atoms with Gasteiger partial charge in [0.25, 0.3) is 5.91 Å². The highest BCUT2D eigenvalue weighted by Crippen LogP contribution is 2.20. The number of carbonyl (C=O) groups is 2. The third-order valence-electron chi connectivity index (χ3n) is 4.78. The van der Waals surface area contributed by atoms with Crippen LogP contribution in [0.4, 0.5) is 5.69 Å². The summed E-state index contributed by atoms with van der Waals surface area (Å²) in [6.45, 7) is 3.07. The minimum Gasteiger partial charge on any atom is -0.482 e. The van der Waals surface area contributed by atoms with Gasteiger partial charge in [-0.05, 0) is 36.4 Å². The van der Waals surface area contributed by atoms with Crippen molar-refractivity contribution in [1.82, 2.24) is 4.31 Å². The van der Waals surface area contributed by atoms with Crippen LogP contribution >= 0.6 is 0 Å². The smallest absolute Gasteiger partial charge is 0.344 e. The standard InChI is InChI=1S/C23H24N2O8S/c1-3-25(4-2)34(29,30)19-7-5-6-17(12-19)24-21(26)14-32-23(28)15-31-18-10-8-16-9-11-22(27)33-20(16)13-18/h5-13H,3-4,14-15H2,1-2H3,(H,24,26). The summed E-state index contributed by atoms with van der Waals surface area (Å²) in [5.41, 5.74) is 0.0532. The Labute approximate surface area is 196 Å². The normalized spacial score (nSPS) is 11.4. The third kappa shape index (κ3) is 6.21. The highest BCUT2D eigenvalue weighted by atomic mass is 32.2. The Morgan fingerprint density at radius 2 is 1.74 bits per heavy atom. The Balaban J connectivity index is 1.52. The van der Waals surface area contributed by atoms with Gasteiger partial charge >= 0.3 is 11.6 Å². The topological polar surface area (TPSA) is 132 Å². The van der Waals surface area contributed by atoms with Gasteiger partial charge < -0.3 is 19.2 Å². The predicted molar refractivity (Wildman–Crippen MR) is 124 cm³/mol. The number of esters is 1. The Kier molecular flexibility index (Phi) is 8.03. The largest absolute Gasteiger partial charge is 0.482 e. The molecule has 3 rings (SSSR count). The molecule has 3 aromatic rings. The van der Waals surface area contributed by atoms with Crippen molar-refractivity contribution in [3.63, 3.8) is 0 Å². The van der Waals surface area contributed by atoms with Gasteiger partial charge in [-0.15, -0.1) is 0 Å². The zero-order valence-electron chi connectivity index (χ0n) is 18.6. The lowest BCUT2D eigenvalue weighted by molar-refractivity contribution is -0.149. The van der Waals surface area contributed by atoms with Gasteiger partial charge in [-0.3, -0.25) is 4.79 Å². The molecule has 10 nitrogen and oxygen atoms in total. The summed E-state index contributed by atoms with van der Waals surface area (Å²) >= 11 is 0. The molecular weight excluding hydrogens is 464 g/mol. The lowest BCUT2D eigenvalue weighted by atomic mass is 10.2. The minimum atomic E-state index is -3.68. The van der Waals surface area contributed by atoms with E-state index < -0.39 is 40.7 Å². The van der Waals surface area contributed by atoms with Gasteiger partial charge in [-0.1, -0.05) is 19.9 Å². The van der Waals surface area contributed by atoms with Gasteiger partial charge in [0.1, 0.15) is 11.3 Å². The molecule has 0 unspecified atom stereocenters. The van der Waals surface area contributed by atoms with E-state index in [0.717, 1.165) is 0 Å². The van der Waals surface area contributed by atoms with Gasteiger partial charge in [-0.25, -0.2) is 18.0 Å². The number of sulfonamides is 1. The molecule has 0 fully saturated rings. The molecule has 0 aliphatic rings. The van der Waals surface area contributed by atoms with Gasteiger partial charge in [0, 0.05) is 36.3 Å². The molecule has 0 atom stereocenters. The van der Waals surface area contributed by atoms with Crippen molar-refractivity contribution in [3.05, 3.63) is 65.0 Å². The van der Waals surface area contributed by atoms with Gasteiger partial charge in [-0.2, -0.15) is 4.31 Å².